The van der Waals surface area contributed by atoms with Gasteiger partial charge in [-0.1, -0.05) is 51.1 Å². The Morgan fingerprint density at radius 2 is 1.90 bits per heavy atom. The second-order valence-corrected chi connectivity index (χ2v) is 8.44. The molecular formula is C20H31N. The van der Waals surface area contributed by atoms with Crippen molar-refractivity contribution in [2.24, 2.45) is 16.7 Å². The van der Waals surface area contributed by atoms with E-state index in [9.17, 15) is 0 Å². The summed E-state index contributed by atoms with van der Waals surface area (Å²) in [6.07, 6.45) is 6.72. The highest BCUT2D eigenvalue weighted by Crippen LogP contribution is 2.62. The van der Waals surface area contributed by atoms with E-state index in [1.54, 1.807) is 0 Å². The predicted molar refractivity (Wildman–Crippen MR) is 90.4 cm³/mol. The minimum Gasteiger partial charge on any atom is -0.310 e. The van der Waals surface area contributed by atoms with Crippen LogP contribution in [0, 0.1) is 16.7 Å². The van der Waals surface area contributed by atoms with E-state index >= 15 is 0 Å². The summed E-state index contributed by atoms with van der Waals surface area (Å²) >= 11 is 0. The lowest BCUT2D eigenvalue weighted by Gasteiger charge is -2.44. The maximum Gasteiger partial charge on any atom is 0.0177 e. The van der Waals surface area contributed by atoms with E-state index in [0.29, 0.717) is 22.9 Å². The topological polar surface area (TPSA) is 12.0 Å². The van der Waals surface area contributed by atoms with Crippen molar-refractivity contribution in [3.63, 3.8) is 0 Å². The Bertz CT molecular complexity index is 473. The largest absolute Gasteiger partial charge is 0.310 e. The summed E-state index contributed by atoms with van der Waals surface area (Å²) in [5.74, 6) is 0.932. The van der Waals surface area contributed by atoms with Gasteiger partial charge < -0.3 is 5.32 Å². The van der Waals surface area contributed by atoms with Crippen LogP contribution in [0.5, 0.6) is 0 Å². The number of hydrogen-bond donors (Lipinski definition) is 1. The third kappa shape index (κ3) is 2.77. The Kier molecular flexibility index (Phi) is 3.90. The molecule has 2 fully saturated rings. The third-order valence-corrected chi connectivity index (χ3v) is 6.43. The van der Waals surface area contributed by atoms with E-state index < -0.39 is 0 Å². The molecule has 0 amide bonds. The maximum atomic E-state index is 4.01. The van der Waals surface area contributed by atoms with E-state index in [1.165, 1.54) is 37.7 Å². The summed E-state index contributed by atoms with van der Waals surface area (Å²) in [5, 5.41) is 4.01. The standard InChI is InChI=1S/C20H31N/c1-15(10-11-16-8-6-5-7-9-16)21-18-19(2,3)17-12-13-20(18,4)14-17/h5-9,15,17-18,21H,10-14H2,1-4H3. The van der Waals surface area contributed by atoms with Gasteiger partial charge in [-0.3, -0.25) is 0 Å². The van der Waals surface area contributed by atoms with Crippen LogP contribution in [0.2, 0.25) is 0 Å². The Balaban J connectivity index is 1.58. The first-order valence-corrected chi connectivity index (χ1v) is 8.72. The molecule has 0 spiro atoms. The van der Waals surface area contributed by atoms with Gasteiger partial charge in [-0.05, 0) is 61.3 Å². The molecule has 2 bridgehead atoms. The van der Waals surface area contributed by atoms with E-state index in [4.69, 9.17) is 0 Å². The summed E-state index contributed by atoms with van der Waals surface area (Å²) in [6.45, 7) is 9.87. The molecule has 1 N–H and O–H groups in total. The number of benzene rings is 1. The molecule has 2 saturated carbocycles. The second-order valence-electron chi connectivity index (χ2n) is 8.44. The van der Waals surface area contributed by atoms with Crippen molar-refractivity contribution < 1.29 is 0 Å². The molecule has 0 heterocycles. The Morgan fingerprint density at radius 1 is 1.19 bits per heavy atom. The van der Waals surface area contributed by atoms with Crippen LogP contribution in [0.25, 0.3) is 0 Å². The van der Waals surface area contributed by atoms with E-state index in [-0.39, 0.29) is 0 Å². The molecule has 4 atom stereocenters. The van der Waals surface area contributed by atoms with Gasteiger partial charge in [0.15, 0.2) is 0 Å². The molecule has 2 aliphatic rings. The van der Waals surface area contributed by atoms with Gasteiger partial charge in [-0.15, -0.1) is 0 Å². The molecule has 1 heteroatoms. The monoisotopic (exact) mass is 285 g/mol. The van der Waals surface area contributed by atoms with Crippen LogP contribution < -0.4 is 5.32 Å². The molecule has 3 rings (SSSR count). The molecule has 0 aromatic heterocycles. The van der Waals surface area contributed by atoms with E-state index in [2.05, 4.69) is 63.3 Å². The van der Waals surface area contributed by atoms with Crippen molar-refractivity contribution in [2.45, 2.75) is 71.9 Å². The molecular weight excluding hydrogens is 254 g/mol. The minimum absolute atomic E-state index is 0.466. The van der Waals surface area contributed by atoms with Crippen molar-refractivity contribution in [2.75, 3.05) is 0 Å². The second kappa shape index (κ2) is 5.43. The van der Waals surface area contributed by atoms with Crippen molar-refractivity contribution >= 4 is 0 Å². The first-order chi connectivity index (χ1) is 9.92. The van der Waals surface area contributed by atoms with Gasteiger partial charge >= 0.3 is 0 Å². The number of hydrogen-bond acceptors (Lipinski definition) is 1. The van der Waals surface area contributed by atoms with Gasteiger partial charge in [0.1, 0.15) is 0 Å². The van der Waals surface area contributed by atoms with Gasteiger partial charge in [0.05, 0.1) is 0 Å². The minimum atomic E-state index is 0.466. The summed E-state index contributed by atoms with van der Waals surface area (Å²) in [7, 11) is 0. The van der Waals surface area contributed by atoms with Crippen LogP contribution in [0.3, 0.4) is 0 Å². The fourth-order valence-corrected chi connectivity index (χ4v) is 5.11. The lowest BCUT2D eigenvalue weighted by Crippen LogP contribution is -2.53. The predicted octanol–water partition coefficient (Wildman–Crippen LogP) is 4.81. The Labute approximate surface area is 130 Å². The molecule has 0 aliphatic heterocycles. The Morgan fingerprint density at radius 3 is 2.52 bits per heavy atom. The van der Waals surface area contributed by atoms with Crippen molar-refractivity contribution in [1.29, 1.82) is 0 Å². The zero-order chi connectivity index (χ0) is 15.1. The van der Waals surface area contributed by atoms with Crippen molar-refractivity contribution in [3.05, 3.63) is 35.9 Å². The quantitative estimate of drug-likeness (QED) is 0.818. The molecule has 1 aromatic rings. The maximum absolute atomic E-state index is 4.01. The first kappa shape index (κ1) is 15.1. The molecule has 0 radical (unpaired) electrons. The normalized spacial score (nSPS) is 35.0. The molecule has 2 aliphatic carbocycles. The zero-order valence-corrected chi connectivity index (χ0v) is 14.2. The lowest BCUT2D eigenvalue weighted by atomic mass is 9.68. The SMILES string of the molecule is CC(CCc1ccccc1)NC1C2(C)CCC(C2)C1(C)C. The van der Waals surface area contributed by atoms with Crippen molar-refractivity contribution in [3.8, 4) is 0 Å². The van der Waals surface area contributed by atoms with Gasteiger partial charge in [0.2, 0.25) is 0 Å². The smallest absolute Gasteiger partial charge is 0.0177 e. The first-order valence-electron chi connectivity index (χ1n) is 8.72. The molecule has 116 valence electrons. The van der Waals surface area contributed by atoms with Crippen LogP contribution in [-0.4, -0.2) is 12.1 Å². The average molecular weight is 285 g/mol. The molecule has 4 unspecified atom stereocenters. The fourth-order valence-electron chi connectivity index (χ4n) is 5.11. The number of fused-ring (bicyclic) bond motifs is 2. The molecule has 1 aromatic carbocycles. The van der Waals surface area contributed by atoms with Gasteiger partial charge in [0, 0.05) is 12.1 Å². The molecule has 1 nitrogen and oxygen atoms in total. The van der Waals surface area contributed by atoms with Crippen LogP contribution in [0.15, 0.2) is 30.3 Å². The molecule has 0 saturated heterocycles. The van der Waals surface area contributed by atoms with Crippen molar-refractivity contribution in [1.82, 2.24) is 5.32 Å². The summed E-state index contributed by atoms with van der Waals surface area (Å²) in [4.78, 5) is 0. The van der Waals surface area contributed by atoms with Crippen LogP contribution >= 0.6 is 0 Å². The summed E-state index contributed by atoms with van der Waals surface area (Å²) in [5.41, 5.74) is 2.47. The average Bonchev–Trinajstić information content (AvgIpc) is 2.94. The summed E-state index contributed by atoms with van der Waals surface area (Å²) in [6, 6.07) is 12.2. The fraction of sp³-hybridized carbons (Fsp3) is 0.700. The number of rotatable bonds is 5. The number of aryl methyl sites for hydroxylation is 1. The highest BCUT2D eigenvalue weighted by Gasteiger charge is 2.59. The molecule has 21 heavy (non-hydrogen) atoms. The number of nitrogens with one attached hydrogen (secondary N) is 1. The van der Waals surface area contributed by atoms with E-state index in [0.717, 1.165) is 5.92 Å². The Hall–Kier alpha value is -0.820. The van der Waals surface area contributed by atoms with E-state index in [1.807, 2.05) is 0 Å². The third-order valence-electron chi connectivity index (χ3n) is 6.43. The van der Waals surface area contributed by atoms with Crippen LogP contribution in [0.1, 0.15) is 58.9 Å². The highest BCUT2D eigenvalue weighted by molar-refractivity contribution is 5.15. The van der Waals surface area contributed by atoms with Gasteiger partial charge in [-0.25, -0.2) is 0 Å². The van der Waals surface area contributed by atoms with Crippen LogP contribution in [-0.2, 0) is 6.42 Å². The lowest BCUT2D eigenvalue weighted by molar-refractivity contribution is 0.0992. The zero-order valence-electron chi connectivity index (χ0n) is 14.2. The van der Waals surface area contributed by atoms with Gasteiger partial charge in [-0.2, -0.15) is 0 Å². The van der Waals surface area contributed by atoms with Crippen LogP contribution in [0.4, 0.5) is 0 Å². The summed E-state index contributed by atoms with van der Waals surface area (Å²) < 4.78 is 0. The van der Waals surface area contributed by atoms with Gasteiger partial charge in [0.25, 0.3) is 0 Å². The highest BCUT2D eigenvalue weighted by atomic mass is 15.0.